The van der Waals surface area contributed by atoms with E-state index in [4.69, 9.17) is 19.4 Å². The lowest BCUT2D eigenvalue weighted by Gasteiger charge is -2.35. The van der Waals surface area contributed by atoms with Gasteiger partial charge in [-0.15, -0.1) is 0 Å². The zero-order valence-corrected chi connectivity index (χ0v) is 27.3. The average molecular weight is 651 g/mol. The molecule has 0 bridgehead atoms. The molecule has 0 spiro atoms. The van der Waals surface area contributed by atoms with Gasteiger partial charge in [0.2, 0.25) is 12.7 Å². The molecule has 0 radical (unpaired) electrons. The largest absolute Gasteiger partial charge is 0.454 e. The molecule has 3 aliphatic rings. The Morgan fingerprint density at radius 2 is 1.51 bits per heavy atom. The Labute approximate surface area is 279 Å². The van der Waals surface area contributed by atoms with Gasteiger partial charge in [0.15, 0.2) is 16.7 Å². The van der Waals surface area contributed by atoms with Crippen molar-refractivity contribution in [1.29, 1.82) is 0 Å². The van der Waals surface area contributed by atoms with E-state index in [9.17, 15) is 9.59 Å². The SMILES string of the molecule is CC(=O)N1CCN(C(=O)c2cccc(CSc3nc(-c4ccccc4)cc(N4CCN(Cc5ccc6c(c5)OCO6)CC4)n3)c2)CC1. The molecule has 4 aromatic rings. The smallest absolute Gasteiger partial charge is 0.253 e. The third kappa shape index (κ3) is 7.36. The number of amides is 2. The van der Waals surface area contributed by atoms with Crippen molar-refractivity contribution in [2.24, 2.45) is 0 Å². The van der Waals surface area contributed by atoms with Crippen molar-refractivity contribution in [1.82, 2.24) is 24.7 Å². The van der Waals surface area contributed by atoms with Crippen LogP contribution in [0.2, 0.25) is 0 Å². The average Bonchev–Trinajstić information content (AvgIpc) is 3.59. The molecule has 4 heterocycles. The van der Waals surface area contributed by atoms with Crippen molar-refractivity contribution in [2.45, 2.75) is 24.4 Å². The first-order valence-corrected chi connectivity index (χ1v) is 17.0. The Kier molecular flexibility index (Phi) is 9.25. The molecule has 3 aromatic carbocycles. The van der Waals surface area contributed by atoms with Crippen LogP contribution in [-0.4, -0.2) is 95.6 Å². The molecule has 1 aromatic heterocycles. The molecular formula is C36H38N6O4S. The Morgan fingerprint density at radius 1 is 0.745 bits per heavy atom. The molecule has 0 aliphatic carbocycles. The van der Waals surface area contributed by atoms with Gasteiger partial charge in [-0.25, -0.2) is 9.97 Å². The number of fused-ring (bicyclic) bond motifs is 1. The van der Waals surface area contributed by atoms with Crippen molar-refractivity contribution in [3.8, 4) is 22.8 Å². The van der Waals surface area contributed by atoms with Gasteiger partial charge in [-0.1, -0.05) is 60.3 Å². The summed E-state index contributed by atoms with van der Waals surface area (Å²) in [5.41, 5.74) is 4.87. The topological polar surface area (TPSA) is 91.3 Å². The van der Waals surface area contributed by atoms with E-state index in [1.54, 1.807) is 23.6 Å². The molecule has 0 N–H and O–H groups in total. The van der Waals surface area contributed by atoms with Gasteiger partial charge in [0.25, 0.3) is 5.91 Å². The van der Waals surface area contributed by atoms with Gasteiger partial charge in [0, 0.05) is 88.8 Å². The maximum absolute atomic E-state index is 13.3. The van der Waals surface area contributed by atoms with E-state index in [1.807, 2.05) is 53.4 Å². The normalized spacial score (nSPS) is 16.4. The molecule has 10 nitrogen and oxygen atoms in total. The summed E-state index contributed by atoms with van der Waals surface area (Å²) >= 11 is 1.58. The van der Waals surface area contributed by atoms with Crippen molar-refractivity contribution in [3.05, 3.63) is 95.6 Å². The number of rotatable bonds is 8. The predicted octanol–water partition coefficient (Wildman–Crippen LogP) is 4.79. The second kappa shape index (κ2) is 14.0. The van der Waals surface area contributed by atoms with E-state index >= 15 is 0 Å². The third-order valence-corrected chi connectivity index (χ3v) is 9.77. The van der Waals surface area contributed by atoms with Gasteiger partial charge in [-0.3, -0.25) is 14.5 Å². The van der Waals surface area contributed by atoms with E-state index in [2.05, 4.69) is 40.1 Å². The summed E-state index contributed by atoms with van der Waals surface area (Å²) in [7, 11) is 0. The van der Waals surface area contributed by atoms with Crippen LogP contribution in [0, 0.1) is 0 Å². The van der Waals surface area contributed by atoms with E-state index in [0.717, 1.165) is 66.9 Å². The Hall–Kier alpha value is -4.61. The number of hydrogen-bond acceptors (Lipinski definition) is 9. The summed E-state index contributed by atoms with van der Waals surface area (Å²) in [6.07, 6.45) is 0. The maximum atomic E-state index is 13.3. The Balaban J connectivity index is 1.02. The minimum absolute atomic E-state index is 0.00216. The van der Waals surface area contributed by atoms with E-state index in [0.29, 0.717) is 42.7 Å². The van der Waals surface area contributed by atoms with E-state index in [1.165, 1.54) is 5.56 Å². The number of aromatic nitrogens is 2. The van der Waals surface area contributed by atoms with E-state index in [-0.39, 0.29) is 18.6 Å². The van der Waals surface area contributed by atoms with Crippen molar-refractivity contribution >= 4 is 29.4 Å². The molecule has 47 heavy (non-hydrogen) atoms. The molecular weight excluding hydrogens is 613 g/mol. The molecule has 7 rings (SSSR count). The van der Waals surface area contributed by atoms with Gasteiger partial charge in [0.05, 0.1) is 5.69 Å². The second-order valence-electron chi connectivity index (χ2n) is 12.0. The minimum atomic E-state index is 0.00216. The number of thioether (sulfide) groups is 1. The molecule has 242 valence electrons. The van der Waals surface area contributed by atoms with Gasteiger partial charge >= 0.3 is 0 Å². The molecule has 0 unspecified atom stereocenters. The molecule has 0 atom stereocenters. The number of carbonyl (C=O) groups is 2. The van der Waals surface area contributed by atoms with Gasteiger partial charge in [-0.2, -0.15) is 0 Å². The van der Waals surface area contributed by atoms with Crippen LogP contribution in [0.5, 0.6) is 11.5 Å². The molecule has 2 amide bonds. The molecule has 11 heteroatoms. The van der Waals surface area contributed by atoms with Crippen molar-refractivity contribution in [3.63, 3.8) is 0 Å². The number of carbonyl (C=O) groups excluding carboxylic acids is 2. The highest BCUT2D eigenvalue weighted by molar-refractivity contribution is 7.98. The monoisotopic (exact) mass is 650 g/mol. The fourth-order valence-electron chi connectivity index (χ4n) is 6.18. The fourth-order valence-corrected chi connectivity index (χ4v) is 6.97. The van der Waals surface area contributed by atoms with Crippen LogP contribution in [0.3, 0.4) is 0 Å². The van der Waals surface area contributed by atoms with Gasteiger partial charge in [-0.05, 0) is 35.4 Å². The highest BCUT2D eigenvalue weighted by Crippen LogP contribution is 2.33. The zero-order chi connectivity index (χ0) is 32.2. The minimum Gasteiger partial charge on any atom is -0.454 e. The molecule has 2 saturated heterocycles. The summed E-state index contributed by atoms with van der Waals surface area (Å²) in [4.78, 5) is 43.4. The standard InChI is InChI=1S/C36H38N6O4S/c1-26(43)40-16-18-42(19-17-40)35(44)30-9-5-6-28(20-30)24-47-36-37-31(29-7-3-2-4-8-29)22-34(38-36)41-14-12-39(13-15-41)23-27-10-11-32-33(21-27)46-25-45-32/h2-11,20-22H,12-19,23-25H2,1H3. The Morgan fingerprint density at radius 3 is 2.30 bits per heavy atom. The lowest BCUT2D eigenvalue weighted by atomic mass is 10.1. The van der Waals surface area contributed by atoms with Crippen LogP contribution in [-0.2, 0) is 17.1 Å². The van der Waals surface area contributed by atoms with Gasteiger partial charge in [0.1, 0.15) is 5.82 Å². The first-order valence-electron chi connectivity index (χ1n) is 16.1. The number of piperazine rings is 2. The first-order chi connectivity index (χ1) is 23.0. The van der Waals surface area contributed by atoms with Crippen LogP contribution in [0.15, 0.2) is 84.0 Å². The fraction of sp³-hybridized carbons (Fsp3) is 0.333. The van der Waals surface area contributed by atoms with E-state index < -0.39 is 0 Å². The highest BCUT2D eigenvalue weighted by atomic mass is 32.2. The molecule has 0 saturated carbocycles. The van der Waals surface area contributed by atoms with Crippen LogP contribution in [0.1, 0.15) is 28.4 Å². The summed E-state index contributed by atoms with van der Waals surface area (Å²) < 4.78 is 11.0. The number of ether oxygens (including phenoxy) is 2. The maximum Gasteiger partial charge on any atom is 0.253 e. The van der Waals surface area contributed by atoms with Crippen LogP contribution in [0.4, 0.5) is 5.82 Å². The highest BCUT2D eigenvalue weighted by Gasteiger charge is 2.24. The quantitative estimate of drug-likeness (QED) is 0.197. The number of benzene rings is 3. The number of nitrogens with zero attached hydrogens (tertiary/aromatic N) is 6. The summed E-state index contributed by atoms with van der Waals surface area (Å²) in [6.45, 7) is 8.54. The molecule has 3 aliphatic heterocycles. The lowest BCUT2D eigenvalue weighted by Crippen LogP contribution is -2.50. The van der Waals surface area contributed by atoms with Crippen LogP contribution in [0.25, 0.3) is 11.3 Å². The number of anilines is 1. The van der Waals surface area contributed by atoms with Gasteiger partial charge < -0.3 is 24.2 Å². The summed E-state index contributed by atoms with van der Waals surface area (Å²) in [6, 6.07) is 26.3. The predicted molar refractivity (Wildman–Crippen MR) is 182 cm³/mol. The summed E-state index contributed by atoms with van der Waals surface area (Å²) in [5, 5.41) is 0.709. The first kappa shape index (κ1) is 31.0. The second-order valence-corrected chi connectivity index (χ2v) is 12.9. The zero-order valence-electron chi connectivity index (χ0n) is 26.5. The Bertz CT molecular complexity index is 1740. The number of hydrogen-bond donors (Lipinski definition) is 0. The lowest BCUT2D eigenvalue weighted by molar-refractivity contribution is -0.130. The third-order valence-electron chi connectivity index (χ3n) is 8.86. The van der Waals surface area contributed by atoms with Crippen molar-refractivity contribution < 1.29 is 19.1 Å². The summed E-state index contributed by atoms with van der Waals surface area (Å²) in [5.74, 6) is 3.26. The molecule has 2 fully saturated rings. The van der Waals surface area contributed by atoms with Crippen LogP contribution >= 0.6 is 11.8 Å². The van der Waals surface area contributed by atoms with Crippen molar-refractivity contribution in [2.75, 3.05) is 64.1 Å². The van der Waals surface area contributed by atoms with Crippen LogP contribution < -0.4 is 14.4 Å².